The SMILES string of the molecule is C/C(=C\C1=CSC(C)N1)C1C/C=C\CCC[C@H](C)C(O)[C@@H](C)C(=O)C(C)CCC(=O)O1. The maximum atomic E-state index is 12.7. The van der Waals surface area contributed by atoms with E-state index in [-0.39, 0.29) is 36.1 Å². The van der Waals surface area contributed by atoms with Crippen LogP contribution in [0, 0.1) is 17.8 Å². The van der Waals surface area contributed by atoms with Gasteiger partial charge < -0.3 is 15.2 Å². The van der Waals surface area contributed by atoms with Crippen molar-refractivity contribution >= 4 is 23.5 Å². The first-order valence-electron chi connectivity index (χ1n) is 11.6. The molecule has 0 aromatic heterocycles. The van der Waals surface area contributed by atoms with Crippen LogP contribution in [0.1, 0.15) is 73.1 Å². The summed E-state index contributed by atoms with van der Waals surface area (Å²) in [6.45, 7) is 9.76. The summed E-state index contributed by atoms with van der Waals surface area (Å²) in [4.78, 5) is 25.3. The molecule has 2 aliphatic rings. The van der Waals surface area contributed by atoms with Crippen molar-refractivity contribution in [2.75, 3.05) is 0 Å². The molecule has 6 heteroatoms. The highest BCUT2D eigenvalue weighted by Gasteiger charge is 2.30. The summed E-state index contributed by atoms with van der Waals surface area (Å²) >= 11 is 1.73. The summed E-state index contributed by atoms with van der Waals surface area (Å²) in [5.74, 6) is -0.885. The quantitative estimate of drug-likeness (QED) is 0.450. The summed E-state index contributed by atoms with van der Waals surface area (Å²) in [5.41, 5.74) is 2.05. The van der Waals surface area contributed by atoms with Crippen LogP contribution < -0.4 is 5.32 Å². The van der Waals surface area contributed by atoms with Gasteiger partial charge in [-0.1, -0.05) is 32.9 Å². The molecule has 0 fully saturated rings. The first-order valence-corrected chi connectivity index (χ1v) is 12.5. The number of allylic oxidation sites excluding steroid dienone is 2. The van der Waals surface area contributed by atoms with Gasteiger partial charge in [0.25, 0.3) is 0 Å². The second-order valence-electron chi connectivity index (χ2n) is 9.10. The minimum Gasteiger partial charge on any atom is -0.457 e. The lowest BCUT2D eigenvalue weighted by Gasteiger charge is -2.26. The number of carbonyl (C=O) groups excluding carboxylic acids is 2. The molecule has 0 spiro atoms. The first kappa shape index (κ1) is 25.7. The van der Waals surface area contributed by atoms with Gasteiger partial charge >= 0.3 is 5.97 Å². The molecule has 4 unspecified atom stereocenters. The van der Waals surface area contributed by atoms with Crippen molar-refractivity contribution in [3.8, 4) is 0 Å². The Morgan fingerprint density at radius 1 is 1.19 bits per heavy atom. The normalized spacial score (nSPS) is 35.8. The zero-order valence-electron chi connectivity index (χ0n) is 19.6. The van der Waals surface area contributed by atoms with Crippen molar-refractivity contribution in [3.05, 3.63) is 34.9 Å². The standard InChI is InChI=1S/C25H39NO4S/c1-16-10-8-6-7-9-11-22(18(3)14-21-15-31-20(5)26-21)30-23(27)13-12-17(2)25(29)19(4)24(16)28/h7,9,14-17,19-20,22,24,26,28H,6,8,10-13H2,1-5H3/b9-7-,18-14+/t16-,17?,19+,20?,22?,24?/m0/s1. The van der Waals surface area contributed by atoms with Crippen LogP contribution in [0.2, 0.25) is 0 Å². The highest BCUT2D eigenvalue weighted by Crippen LogP contribution is 2.26. The molecule has 0 amide bonds. The lowest BCUT2D eigenvalue weighted by atomic mass is 9.82. The van der Waals surface area contributed by atoms with E-state index in [1.54, 1.807) is 18.7 Å². The van der Waals surface area contributed by atoms with E-state index in [0.29, 0.717) is 18.2 Å². The van der Waals surface area contributed by atoms with Crippen LogP contribution in [-0.4, -0.2) is 34.4 Å². The number of hydrogen-bond acceptors (Lipinski definition) is 6. The third-order valence-corrected chi connectivity index (χ3v) is 7.21. The van der Waals surface area contributed by atoms with Crippen molar-refractivity contribution in [3.63, 3.8) is 0 Å². The third kappa shape index (κ3) is 8.15. The van der Waals surface area contributed by atoms with E-state index in [4.69, 9.17) is 4.74 Å². The number of thioether (sulfide) groups is 1. The van der Waals surface area contributed by atoms with Gasteiger partial charge in [0.2, 0.25) is 0 Å². The van der Waals surface area contributed by atoms with Crippen molar-refractivity contribution in [1.82, 2.24) is 5.32 Å². The molecule has 0 saturated carbocycles. The molecule has 174 valence electrons. The fourth-order valence-corrected chi connectivity index (χ4v) is 4.78. The first-order chi connectivity index (χ1) is 14.7. The van der Waals surface area contributed by atoms with Crippen molar-refractivity contribution in [1.29, 1.82) is 0 Å². The fraction of sp³-hybridized carbons (Fsp3) is 0.680. The number of cyclic esters (lactones) is 1. The molecule has 0 saturated heterocycles. The minimum atomic E-state index is -0.643. The Kier molecular flexibility index (Phi) is 10.4. The molecule has 0 aromatic carbocycles. The fourth-order valence-electron chi connectivity index (χ4n) is 4.09. The second kappa shape index (κ2) is 12.5. The largest absolute Gasteiger partial charge is 0.457 e. The van der Waals surface area contributed by atoms with Crippen molar-refractivity contribution in [2.24, 2.45) is 17.8 Å². The molecule has 31 heavy (non-hydrogen) atoms. The van der Waals surface area contributed by atoms with Gasteiger partial charge in [-0.2, -0.15) is 0 Å². The number of hydrogen-bond donors (Lipinski definition) is 2. The molecule has 2 rings (SSSR count). The van der Waals surface area contributed by atoms with Crippen LogP contribution >= 0.6 is 11.8 Å². The van der Waals surface area contributed by atoms with E-state index < -0.39 is 12.0 Å². The van der Waals surface area contributed by atoms with E-state index >= 15 is 0 Å². The predicted molar refractivity (Wildman–Crippen MR) is 127 cm³/mol. The molecule has 5 nitrogen and oxygen atoms in total. The van der Waals surface area contributed by atoms with E-state index in [0.717, 1.165) is 30.5 Å². The van der Waals surface area contributed by atoms with Gasteiger partial charge in [0.05, 0.1) is 11.5 Å². The van der Waals surface area contributed by atoms with Crippen LogP contribution in [0.5, 0.6) is 0 Å². The number of nitrogens with one attached hydrogen (secondary N) is 1. The summed E-state index contributed by atoms with van der Waals surface area (Å²) in [6.07, 6.45) is 9.32. The summed E-state index contributed by atoms with van der Waals surface area (Å²) in [5, 5.41) is 16.4. The molecule has 2 heterocycles. The van der Waals surface area contributed by atoms with Crippen LogP contribution in [0.4, 0.5) is 0 Å². The predicted octanol–water partition coefficient (Wildman–Crippen LogP) is 5.12. The number of ketones is 1. The zero-order chi connectivity index (χ0) is 23.0. The lowest BCUT2D eigenvalue weighted by Crippen LogP contribution is -2.34. The van der Waals surface area contributed by atoms with Crippen molar-refractivity contribution in [2.45, 2.75) is 90.7 Å². The highest BCUT2D eigenvalue weighted by molar-refractivity contribution is 8.02. The van der Waals surface area contributed by atoms with Gasteiger partial charge in [0, 0.05) is 30.4 Å². The second-order valence-corrected chi connectivity index (χ2v) is 10.3. The highest BCUT2D eigenvalue weighted by atomic mass is 32.2. The lowest BCUT2D eigenvalue weighted by molar-refractivity contribution is -0.147. The number of carbonyl (C=O) groups is 2. The molecule has 0 radical (unpaired) electrons. The molecule has 2 aliphatic heterocycles. The average Bonchev–Trinajstić information content (AvgIpc) is 3.15. The monoisotopic (exact) mass is 449 g/mol. The minimum absolute atomic E-state index is 0.0256. The Hall–Kier alpha value is -1.53. The van der Waals surface area contributed by atoms with Gasteiger partial charge in [0.1, 0.15) is 11.9 Å². The summed E-state index contributed by atoms with van der Waals surface area (Å²) in [7, 11) is 0. The molecule has 0 bridgehead atoms. The van der Waals surface area contributed by atoms with Gasteiger partial charge in [-0.15, -0.1) is 11.8 Å². The number of ether oxygens (including phenoxy) is 1. The number of esters is 1. The maximum Gasteiger partial charge on any atom is 0.306 e. The Balaban J connectivity index is 2.12. The Morgan fingerprint density at radius 3 is 2.61 bits per heavy atom. The third-order valence-electron chi connectivity index (χ3n) is 6.29. The summed E-state index contributed by atoms with van der Waals surface area (Å²) in [6, 6.07) is 0. The van der Waals surface area contributed by atoms with Crippen molar-refractivity contribution < 1.29 is 19.4 Å². The van der Waals surface area contributed by atoms with Gasteiger partial charge in [0.15, 0.2) is 0 Å². The molecular formula is C25H39NO4S. The number of aliphatic hydroxyl groups is 1. The Labute approximate surface area is 191 Å². The smallest absolute Gasteiger partial charge is 0.306 e. The maximum absolute atomic E-state index is 12.7. The topological polar surface area (TPSA) is 75.6 Å². The number of aliphatic hydroxyl groups excluding tert-OH is 1. The van der Waals surface area contributed by atoms with Crippen LogP contribution in [0.25, 0.3) is 0 Å². The molecule has 2 N–H and O–H groups in total. The number of rotatable bonds is 2. The van der Waals surface area contributed by atoms with E-state index in [2.05, 4.69) is 35.9 Å². The zero-order valence-corrected chi connectivity index (χ0v) is 20.4. The average molecular weight is 450 g/mol. The summed E-state index contributed by atoms with van der Waals surface area (Å²) < 4.78 is 5.82. The van der Waals surface area contributed by atoms with Gasteiger partial charge in [-0.25, -0.2) is 0 Å². The van der Waals surface area contributed by atoms with Crippen LogP contribution in [-0.2, 0) is 14.3 Å². The molecule has 6 atom stereocenters. The van der Waals surface area contributed by atoms with Crippen LogP contribution in [0.3, 0.4) is 0 Å². The molecular weight excluding hydrogens is 410 g/mol. The van der Waals surface area contributed by atoms with E-state index in [1.807, 2.05) is 20.8 Å². The van der Waals surface area contributed by atoms with E-state index in [1.165, 1.54) is 0 Å². The molecule has 0 aromatic rings. The van der Waals surface area contributed by atoms with Gasteiger partial charge in [-0.05, 0) is 62.5 Å². The van der Waals surface area contributed by atoms with Gasteiger partial charge in [-0.3, -0.25) is 9.59 Å². The Bertz CT molecular complexity index is 714. The van der Waals surface area contributed by atoms with Crippen LogP contribution in [0.15, 0.2) is 34.9 Å². The Morgan fingerprint density at radius 2 is 1.94 bits per heavy atom. The molecule has 0 aliphatic carbocycles. The number of Topliss-reactive ketones (excluding diaryl/α,β-unsaturated/α-hetero) is 1. The van der Waals surface area contributed by atoms with E-state index in [9.17, 15) is 14.7 Å².